The molecule has 8 rings (SSSR count). The van der Waals surface area contributed by atoms with Crippen molar-refractivity contribution in [3.05, 3.63) is 145 Å². The van der Waals surface area contributed by atoms with Gasteiger partial charge in [-0.25, -0.2) is 4.98 Å². The normalized spacial score (nSPS) is 13.3. The van der Waals surface area contributed by atoms with Crippen LogP contribution < -0.4 is 14.5 Å². The zero-order valence-corrected chi connectivity index (χ0v) is 29.1. The first kappa shape index (κ1) is 30.8. The summed E-state index contributed by atoms with van der Waals surface area (Å²) in [5.74, 6) is 2.51. The molecule has 1 aliphatic heterocycles. The Morgan fingerprint density at radius 1 is 0.571 bits per heavy atom. The van der Waals surface area contributed by atoms with E-state index in [9.17, 15) is 0 Å². The Labute approximate surface area is 289 Å². The summed E-state index contributed by atoms with van der Waals surface area (Å²) in [6.45, 7) is 14.3. The van der Waals surface area contributed by atoms with E-state index in [0.29, 0.717) is 6.67 Å². The van der Waals surface area contributed by atoms with E-state index in [4.69, 9.17) is 9.72 Å². The number of hydrogen-bond acceptors (Lipinski definition) is 4. The maximum atomic E-state index is 6.81. The predicted octanol–water partition coefficient (Wildman–Crippen LogP) is 11.8. The SMILES string of the molecule is CC(C)(C)c1ccnc(-n2c3ccccc3c3c(C(C)(C)C)cc(Oc4cccc(N5CN(c6ccccc6)c6ccccc65)c4)cc32)c1. The van der Waals surface area contributed by atoms with E-state index in [1.54, 1.807) is 0 Å². The van der Waals surface area contributed by atoms with Crippen LogP contribution in [0.1, 0.15) is 52.7 Å². The van der Waals surface area contributed by atoms with Gasteiger partial charge in [0.15, 0.2) is 0 Å². The Balaban J connectivity index is 1.24. The molecule has 0 saturated carbocycles. The molecule has 0 aliphatic carbocycles. The second-order valence-corrected chi connectivity index (χ2v) is 15.0. The molecule has 2 aromatic heterocycles. The van der Waals surface area contributed by atoms with Crippen LogP contribution in [0.2, 0.25) is 0 Å². The number of nitrogens with zero attached hydrogens (tertiary/aromatic N) is 4. The number of anilines is 4. The third-order valence-electron chi connectivity index (χ3n) is 9.57. The average molecular weight is 643 g/mol. The molecule has 5 nitrogen and oxygen atoms in total. The fraction of sp³-hybridized carbons (Fsp3) is 0.205. The summed E-state index contributed by atoms with van der Waals surface area (Å²) in [7, 11) is 0. The number of para-hydroxylation sites is 4. The van der Waals surface area contributed by atoms with Gasteiger partial charge in [-0.3, -0.25) is 4.57 Å². The lowest BCUT2D eigenvalue weighted by Gasteiger charge is -2.23. The third kappa shape index (κ3) is 5.49. The summed E-state index contributed by atoms with van der Waals surface area (Å²) in [6, 6.07) is 45.0. The highest BCUT2D eigenvalue weighted by atomic mass is 16.5. The van der Waals surface area contributed by atoms with E-state index < -0.39 is 0 Å². The van der Waals surface area contributed by atoms with Gasteiger partial charge in [-0.05, 0) is 82.6 Å². The molecule has 5 aromatic carbocycles. The molecular weight excluding hydrogens is 601 g/mol. The summed E-state index contributed by atoms with van der Waals surface area (Å²) >= 11 is 0. The van der Waals surface area contributed by atoms with Crippen LogP contribution in [-0.2, 0) is 10.8 Å². The molecular formula is C44H42N4O. The van der Waals surface area contributed by atoms with Crippen LogP contribution in [0.15, 0.2) is 134 Å². The Kier molecular flexibility index (Phi) is 7.25. The summed E-state index contributed by atoms with van der Waals surface area (Å²) in [4.78, 5) is 9.62. The van der Waals surface area contributed by atoms with Gasteiger partial charge in [-0.15, -0.1) is 0 Å². The van der Waals surface area contributed by atoms with Gasteiger partial charge in [0.2, 0.25) is 0 Å². The zero-order chi connectivity index (χ0) is 33.9. The molecule has 244 valence electrons. The van der Waals surface area contributed by atoms with Crippen molar-refractivity contribution < 1.29 is 4.74 Å². The number of ether oxygens (including phenoxy) is 1. The van der Waals surface area contributed by atoms with Crippen molar-refractivity contribution >= 4 is 44.6 Å². The van der Waals surface area contributed by atoms with Crippen LogP contribution in [0.4, 0.5) is 22.7 Å². The lowest BCUT2D eigenvalue weighted by molar-refractivity contribution is 0.480. The van der Waals surface area contributed by atoms with Crippen LogP contribution in [-0.4, -0.2) is 16.2 Å². The highest BCUT2D eigenvalue weighted by Crippen LogP contribution is 2.46. The maximum absolute atomic E-state index is 6.81. The minimum absolute atomic E-state index is 0.000288. The van der Waals surface area contributed by atoms with Gasteiger partial charge in [0.25, 0.3) is 0 Å². The van der Waals surface area contributed by atoms with Crippen molar-refractivity contribution in [1.82, 2.24) is 9.55 Å². The lowest BCUT2D eigenvalue weighted by atomic mass is 9.84. The van der Waals surface area contributed by atoms with Crippen molar-refractivity contribution in [3.8, 4) is 17.3 Å². The fourth-order valence-corrected chi connectivity index (χ4v) is 7.09. The van der Waals surface area contributed by atoms with Crippen molar-refractivity contribution in [2.45, 2.75) is 52.4 Å². The van der Waals surface area contributed by atoms with Crippen molar-refractivity contribution in [2.75, 3.05) is 16.5 Å². The van der Waals surface area contributed by atoms with Gasteiger partial charge < -0.3 is 14.5 Å². The molecule has 7 aromatic rings. The number of hydrogen-bond donors (Lipinski definition) is 0. The van der Waals surface area contributed by atoms with Crippen LogP contribution in [0.3, 0.4) is 0 Å². The molecule has 0 N–H and O–H groups in total. The molecule has 3 heterocycles. The number of aromatic nitrogens is 2. The summed E-state index contributed by atoms with van der Waals surface area (Å²) in [5.41, 5.74) is 9.20. The van der Waals surface area contributed by atoms with E-state index in [0.717, 1.165) is 34.0 Å². The first-order valence-electron chi connectivity index (χ1n) is 17.1. The van der Waals surface area contributed by atoms with Gasteiger partial charge >= 0.3 is 0 Å². The van der Waals surface area contributed by atoms with Gasteiger partial charge in [0.1, 0.15) is 24.0 Å². The number of pyridine rings is 1. The minimum atomic E-state index is -0.130. The predicted molar refractivity (Wildman–Crippen MR) is 205 cm³/mol. The first-order valence-corrected chi connectivity index (χ1v) is 17.1. The Morgan fingerprint density at radius 3 is 1.98 bits per heavy atom. The summed E-state index contributed by atoms with van der Waals surface area (Å²) < 4.78 is 9.12. The Morgan fingerprint density at radius 2 is 1.24 bits per heavy atom. The van der Waals surface area contributed by atoms with Gasteiger partial charge in [-0.2, -0.15) is 0 Å². The van der Waals surface area contributed by atoms with Crippen molar-refractivity contribution in [2.24, 2.45) is 0 Å². The van der Waals surface area contributed by atoms with E-state index in [-0.39, 0.29) is 10.8 Å². The summed E-state index contributed by atoms with van der Waals surface area (Å²) in [5, 5.41) is 2.46. The summed E-state index contributed by atoms with van der Waals surface area (Å²) in [6.07, 6.45) is 1.93. The van der Waals surface area contributed by atoms with E-state index in [1.807, 2.05) is 12.3 Å². The lowest BCUT2D eigenvalue weighted by Crippen LogP contribution is -2.23. The zero-order valence-electron chi connectivity index (χ0n) is 29.1. The first-order chi connectivity index (χ1) is 23.6. The Bertz CT molecular complexity index is 2320. The van der Waals surface area contributed by atoms with Gasteiger partial charge in [0.05, 0.1) is 22.4 Å². The van der Waals surface area contributed by atoms with Crippen LogP contribution in [0.25, 0.3) is 27.6 Å². The second-order valence-electron chi connectivity index (χ2n) is 15.0. The number of benzene rings is 5. The number of rotatable bonds is 5. The fourth-order valence-electron chi connectivity index (χ4n) is 7.09. The van der Waals surface area contributed by atoms with Gasteiger partial charge in [-0.1, -0.05) is 96.1 Å². The average Bonchev–Trinajstić information content (AvgIpc) is 3.64. The molecule has 0 atom stereocenters. The largest absolute Gasteiger partial charge is 0.457 e. The molecule has 0 fully saturated rings. The standard InChI is InChI=1S/C44H42N4O/c1-43(2,3)30-23-24-45-41(25-30)48-37-20-11-10-19-35(37)42-36(44(4,5)6)27-34(28-40(42)48)49-33-18-14-17-32(26-33)47-29-46(31-15-8-7-9-16-31)38-21-12-13-22-39(38)47/h7-28H,29H2,1-6H3. The molecule has 0 radical (unpaired) electrons. The minimum Gasteiger partial charge on any atom is -0.457 e. The molecule has 5 heteroatoms. The van der Waals surface area contributed by atoms with E-state index in [2.05, 4.69) is 177 Å². The molecule has 0 bridgehead atoms. The molecule has 0 spiro atoms. The number of fused-ring (bicyclic) bond motifs is 4. The van der Waals surface area contributed by atoms with E-state index in [1.165, 1.54) is 39.0 Å². The molecule has 1 aliphatic rings. The molecule has 0 saturated heterocycles. The van der Waals surface area contributed by atoms with Gasteiger partial charge in [0, 0.05) is 40.5 Å². The van der Waals surface area contributed by atoms with Crippen molar-refractivity contribution in [3.63, 3.8) is 0 Å². The molecule has 0 amide bonds. The Hall–Kier alpha value is -5.55. The quantitative estimate of drug-likeness (QED) is 0.187. The second kappa shape index (κ2) is 11.6. The van der Waals surface area contributed by atoms with Crippen LogP contribution >= 0.6 is 0 Å². The maximum Gasteiger partial charge on any atom is 0.137 e. The van der Waals surface area contributed by atoms with E-state index >= 15 is 0 Å². The highest BCUT2D eigenvalue weighted by molar-refractivity contribution is 6.11. The monoisotopic (exact) mass is 642 g/mol. The molecule has 0 unspecified atom stereocenters. The van der Waals surface area contributed by atoms with Crippen LogP contribution in [0.5, 0.6) is 11.5 Å². The smallest absolute Gasteiger partial charge is 0.137 e. The topological polar surface area (TPSA) is 33.5 Å². The van der Waals surface area contributed by atoms with Crippen molar-refractivity contribution in [1.29, 1.82) is 0 Å². The third-order valence-corrected chi connectivity index (χ3v) is 9.57. The molecule has 49 heavy (non-hydrogen) atoms. The highest BCUT2D eigenvalue weighted by Gasteiger charge is 2.28. The van der Waals surface area contributed by atoms with Crippen LogP contribution in [0, 0.1) is 0 Å².